The third-order valence-electron chi connectivity index (χ3n) is 4.01. The van der Waals surface area contributed by atoms with E-state index in [0.717, 1.165) is 0 Å². The lowest BCUT2D eigenvalue weighted by molar-refractivity contribution is -0.431. The molecule has 7 nitrogen and oxygen atoms in total. The van der Waals surface area contributed by atoms with Crippen LogP contribution in [0.5, 0.6) is 0 Å². The Labute approximate surface area is 153 Å². The first kappa shape index (κ1) is 19.3. The van der Waals surface area contributed by atoms with Gasteiger partial charge in [-0.2, -0.15) is 0 Å². The number of nitrogens with zero attached hydrogens (tertiary/aromatic N) is 2. The van der Waals surface area contributed by atoms with Crippen molar-refractivity contribution in [2.24, 2.45) is 0 Å². The molecule has 134 valence electrons. The number of allylic oxidation sites excluding steroid dienone is 3. The first-order chi connectivity index (χ1) is 11.8. The van der Waals surface area contributed by atoms with Crippen LogP contribution in [-0.2, 0) is 0 Å². The highest BCUT2D eigenvalue weighted by Crippen LogP contribution is 2.48. The average molecular weight is 385 g/mol. The Bertz CT molecular complexity index is 778. The Kier molecular flexibility index (Phi) is 6.10. The smallest absolute Gasteiger partial charge is 0.369 e. The zero-order valence-corrected chi connectivity index (χ0v) is 15.2. The van der Waals surface area contributed by atoms with Crippen LogP contribution in [-0.4, -0.2) is 38.5 Å². The number of benzene rings is 1. The molecule has 0 saturated heterocycles. The van der Waals surface area contributed by atoms with Crippen molar-refractivity contribution in [3.8, 4) is 0 Å². The van der Waals surface area contributed by atoms with Crippen LogP contribution in [0.2, 0.25) is 5.02 Å². The maximum Gasteiger partial charge on any atom is 0.369 e. The van der Waals surface area contributed by atoms with E-state index in [1.807, 2.05) is 0 Å². The summed E-state index contributed by atoms with van der Waals surface area (Å²) in [7, 11) is 0. The monoisotopic (exact) mass is 384 g/mol. The van der Waals surface area contributed by atoms with Gasteiger partial charge in [-0.15, -0.1) is 0 Å². The summed E-state index contributed by atoms with van der Waals surface area (Å²) in [5.41, 5.74) is 1.24. The number of thioether (sulfide) groups is 1. The minimum Gasteiger partial charge on any atom is -0.473 e. The SMILES string of the molecule is CC1=C(SC(=O)O)C(c2ccccc2Cl)C([N+](=O)[O-])=C(C)N1CCO. The maximum atomic E-state index is 11.8. The molecule has 0 bridgehead atoms. The van der Waals surface area contributed by atoms with E-state index in [9.17, 15) is 25.1 Å². The van der Waals surface area contributed by atoms with E-state index in [1.165, 1.54) is 0 Å². The molecule has 1 atom stereocenters. The predicted molar refractivity (Wildman–Crippen MR) is 96.0 cm³/mol. The van der Waals surface area contributed by atoms with Crippen molar-refractivity contribution in [1.82, 2.24) is 4.90 Å². The molecule has 25 heavy (non-hydrogen) atoms. The molecule has 1 aromatic rings. The summed E-state index contributed by atoms with van der Waals surface area (Å²) in [6.07, 6.45) is 0. The Balaban J connectivity index is 2.75. The van der Waals surface area contributed by atoms with Crippen molar-refractivity contribution >= 4 is 28.7 Å². The number of aliphatic hydroxyl groups is 1. The van der Waals surface area contributed by atoms with Gasteiger partial charge in [0.15, 0.2) is 0 Å². The molecule has 1 aliphatic heterocycles. The number of hydrogen-bond donors (Lipinski definition) is 2. The van der Waals surface area contributed by atoms with E-state index in [-0.39, 0.29) is 18.8 Å². The zero-order valence-electron chi connectivity index (χ0n) is 13.6. The fraction of sp³-hybridized carbons (Fsp3) is 0.312. The number of carboxylic acid groups (broad SMARTS) is 1. The van der Waals surface area contributed by atoms with Crippen LogP contribution in [0.3, 0.4) is 0 Å². The molecular weight excluding hydrogens is 368 g/mol. The van der Waals surface area contributed by atoms with E-state index < -0.39 is 16.1 Å². The minimum atomic E-state index is -1.17. The highest BCUT2D eigenvalue weighted by Gasteiger charge is 2.41. The molecule has 0 aliphatic carbocycles. The van der Waals surface area contributed by atoms with Crippen molar-refractivity contribution in [2.75, 3.05) is 13.2 Å². The Morgan fingerprint density at radius 1 is 1.36 bits per heavy atom. The van der Waals surface area contributed by atoms with Gasteiger partial charge < -0.3 is 15.1 Å². The second-order valence-corrected chi connectivity index (χ2v) is 6.78. The van der Waals surface area contributed by atoms with Gasteiger partial charge in [-0.3, -0.25) is 10.1 Å². The van der Waals surface area contributed by atoms with E-state index in [1.54, 1.807) is 43.0 Å². The van der Waals surface area contributed by atoms with Gasteiger partial charge in [0.2, 0.25) is 0 Å². The lowest BCUT2D eigenvalue weighted by Gasteiger charge is -2.34. The van der Waals surface area contributed by atoms with E-state index in [2.05, 4.69) is 0 Å². The molecule has 1 heterocycles. The van der Waals surface area contributed by atoms with Crippen LogP contribution in [0.25, 0.3) is 0 Å². The van der Waals surface area contributed by atoms with E-state index in [0.29, 0.717) is 38.6 Å². The average Bonchev–Trinajstić information content (AvgIpc) is 2.54. The molecular formula is C16H17ClN2O5S. The quantitative estimate of drug-likeness (QED) is 0.586. The fourth-order valence-electron chi connectivity index (χ4n) is 2.96. The molecule has 1 aliphatic rings. The standard InChI is InChI=1S/C16H17ClN2O5S/c1-9-14(19(23)24)13(11-5-3-4-6-12(11)17)15(25-16(21)22)10(2)18(9)7-8-20/h3-6,13,20H,7-8H2,1-2H3,(H,21,22). The number of nitro groups is 1. The van der Waals surface area contributed by atoms with Crippen LogP contribution in [0.15, 0.2) is 46.3 Å². The molecule has 1 unspecified atom stereocenters. The van der Waals surface area contributed by atoms with Crippen LogP contribution < -0.4 is 0 Å². The fourth-order valence-corrected chi connectivity index (χ4v) is 4.01. The van der Waals surface area contributed by atoms with Gasteiger partial charge in [-0.1, -0.05) is 29.8 Å². The second kappa shape index (κ2) is 7.90. The van der Waals surface area contributed by atoms with Crippen LogP contribution in [0, 0.1) is 10.1 Å². The number of rotatable bonds is 5. The summed E-state index contributed by atoms with van der Waals surface area (Å²) < 4.78 is 0. The summed E-state index contributed by atoms with van der Waals surface area (Å²) >= 11 is 6.77. The second-order valence-electron chi connectivity index (χ2n) is 5.38. The van der Waals surface area contributed by atoms with Crippen molar-refractivity contribution in [3.05, 3.63) is 67.0 Å². The molecule has 0 saturated carbocycles. The number of β-amino-alcohol motifs (C(OH)–C–C–N with tert-alkyl or cyclic N) is 1. The molecule has 0 fully saturated rings. The van der Waals surface area contributed by atoms with Gasteiger partial charge in [-0.05, 0) is 37.2 Å². The van der Waals surface area contributed by atoms with Gasteiger partial charge in [0.1, 0.15) is 5.92 Å². The first-order valence-corrected chi connectivity index (χ1v) is 8.58. The third-order valence-corrected chi connectivity index (χ3v) is 5.28. The van der Waals surface area contributed by atoms with E-state index in [4.69, 9.17) is 11.6 Å². The van der Waals surface area contributed by atoms with Crippen molar-refractivity contribution in [1.29, 1.82) is 0 Å². The minimum absolute atomic E-state index is 0.133. The Morgan fingerprint density at radius 3 is 2.52 bits per heavy atom. The largest absolute Gasteiger partial charge is 0.473 e. The van der Waals surface area contributed by atoms with Gasteiger partial charge in [0.05, 0.1) is 17.2 Å². The molecule has 9 heteroatoms. The lowest BCUT2D eigenvalue weighted by atomic mass is 9.90. The lowest BCUT2D eigenvalue weighted by Crippen LogP contribution is -2.33. The van der Waals surface area contributed by atoms with E-state index >= 15 is 0 Å². The molecule has 2 N–H and O–H groups in total. The van der Waals surface area contributed by atoms with Gasteiger partial charge >= 0.3 is 5.30 Å². The molecule has 0 amide bonds. The van der Waals surface area contributed by atoms with Crippen LogP contribution >= 0.6 is 23.4 Å². The third kappa shape index (κ3) is 3.81. The summed E-state index contributed by atoms with van der Waals surface area (Å²) in [6, 6.07) is 6.67. The molecule has 0 radical (unpaired) electrons. The van der Waals surface area contributed by atoms with Crippen molar-refractivity contribution in [3.63, 3.8) is 0 Å². The van der Waals surface area contributed by atoms with Crippen LogP contribution in [0.1, 0.15) is 25.3 Å². The molecule has 2 rings (SSSR count). The molecule has 0 aromatic heterocycles. The number of hydrogen-bond acceptors (Lipinski definition) is 6. The normalized spacial score (nSPS) is 17.9. The Morgan fingerprint density at radius 2 is 2.00 bits per heavy atom. The van der Waals surface area contributed by atoms with Crippen LogP contribution in [0.4, 0.5) is 4.79 Å². The molecule has 1 aromatic carbocycles. The summed E-state index contributed by atoms with van der Waals surface area (Å²) in [5.74, 6) is -0.889. The zero-order chi connectivity index (χ0) is 18.7. The van der Waals surface area contributed by atoms with Gasteiger partial charge in [0, 0.05) is 22.2 Å². The van der Waals surface area contributed by atoms with Crippen molar-refractivity contribution in [2.45, 2.75) is 19.8 Å². The maximum absolute atomic E-state index is 11.8. The number of aliphatic hydroxyl groups excluding tert-OH is 1. The first-order valence-electron chi connectivity index (χ1n) is 7.39. The predicted octanol–water partition coefficient (Wildman–Crippen LogP) is 3.88. The summed E-state index contributed by atoms with van der Waals surface area (Å²) in [4.78, 5) is 24.5. The summed E-state index contributed by atoms with van der Waals surface area (Å²) in [6.45, 7) is 3.18. The molecule has 0 spiro atoms. The highest BCUT2D eigenvalue weighted by molar-refractivity contribution is 8.16. The van der Waals surface area contributed by atoms with Crippen molar-refractivity contribution < 1.29 is 19.9 Å². The van der Waals surface area contributed by atoms with Gasteiger partial charge in [0.25, 0.3) is 5.70 Å². The topological polar surface area (TPSA) is 104 Å². The Hall–Kier alpha value is -2.03. The highest BCUT2D eigenvalue weighted by atomic mass is 35.5. The van der Waals surface area contributed by atoms with Gasteiger partial charge in [-0.25, -0.2) is 4.79 Å². The number of halogens is 1. The summed E-state index contributed by atoms with van der Waals surface area (Å²) in [5, 5.41) is 29.5. The number of carbonyl (C=O) groups is 1.